The number of aromatic nitrogens is 4. The van der Waals surface area contributed by atoms with Crippen LogP contribution in [-0.4, -0.2) is 42.2 Å². The number of nitrogens with one attached hydrogen (secondary N) is 2. The standard InChI is InChI=1S/C27H27Cl2N7O4S2/c1-5-35-24(23(14(2)3)32-25(38)18-9-8-17(28)11-19(18)29)33-34-27(35)42-13-22(37)31-26-30-20(12-41-26)16-7-6-15(4)21(10-16)36(39)40/h6-12,14,23H,5,13H2,1-4H3,(H,32,38)(H,30,31,37). The van der Waals surface area contributed by atoms with E-state index in [1.54, 1.807) is 36.6 Å². The van der Waals surface area contributed by atoms with Crippen LogP contribution in [0.25, 0.3) is 11.3 Å². The zero-order valence-electron chi connectivity index (χ0n) is 23.1. The van der Waals surface area contributed by atoms with Crippen LogP contribution in [0.3, 0.4) is 0 Å². The summed E-state index contributed by atoms with van der Waals surface area (Å²) in [5, 5.41) is 29.0. The van der Waals surface area contributed by atoms with Gasteiger partial charge in [-0.05, 0) is 38.0 Å². The number of thioether (sulfide) groups is 1. The number of nitrogens with zero attached hydrogens (tertiary/aromatic N) is 5. The van der Waals surface area contributed by atoms with Crippen molar-refractivity contribution in [3.05, 3.63) is 78.9 Å². The van der Waals surface area contributed by atoms with Gasteiger partial charge >= 0.3 is 0 Å². The second-order valence-electron chi connectivity index (χ2n) is 9.54. The molecule has 0 spiro atoms. The van der Waals surface area contributed by atoms with E-state index in [9.17, 15) is 19.7 Å². The summed E-state index contributed by atoms with van der Waals surface area (Å²) in [4.78, 5) is 41.0. The molecule has 220 valence electrons. The lowest BCUT2D eigenvalue weighted by Crippen LogP contribution is -2.34. The Hall–Kier alpha value is -3.52. The van der Waals surface area contributed by atoms with E-state index in [1.807, 2.05) is 25.3 Å². The summed E-state index contributed by atoms with van der Waals surface area (Å²) in [6.45, 7) is 8.04. The minimum Gasteiger partial charge on any atom is -0.342 e. The molecule has 2 aromatic carbocycles. The van der Waals surface area contributed by atoms with E-state index in [4.69, 9.17) is 23.2 Å². The molecule has 2 aromatic heterocycles. The molecule has 1 atom stereocenters. The quantitative estimate of drug-likeness (QED) is 0.103. The molecular weight excluding hydrogens is 621 g/mol. The molecule has 2 N–H and O–H groups in total. The van der Waals surface area contributed by atoms with E-state index < -0.39 is 11.0 Å². The number of anilines is 1. The van der Waals surface area contributed by atoms with Gasteiger partial charge in [0, 0.05) is 34.1 Å². The normalized spacial score (nSPS) is 11.9. The van der Waals surface area contributed by atoms with Crippen molar-refractivity contribution in [2.24, 2.45) is 5.92 Å². The van der Waals surface area contributed by atoms with Gasteiger partial charge in [0.05, 0.1) is 33.0 Å². The summed E-state index contributed by atoms with van der Waals surface area (Å²) in [6, 6.07) is 9.11. The van der Waals surface area contributed by atoms with Crippen LogP contribution in [0.15, 0.2) is 46.9 Å². The summed E-state index contributed by atoms with van der Waals surface area (Å²) in [5.74, 6) is -0.0793. The number of halogens is 2. The molecule has 1 unspecified atom stereocenters. The lowest BCUT2D eigenvalue weighted by Gasteiger charge is -2.22. The van der Waals surface area contributed by atoms with Gasteiger partial charge in [0.2, 0.25) is 5.91 Å². The Morgan fingerprint density at radius 1 is 1.17 bits per heavy atom. The lowest BCUT2D eigenvalue weighted by molar-refractivity contribution is -0.385. The number of carbonyl (C=O) groups is 2. The third-order valence-corrected chi connectivity index (χ3v) is 8.53. The summed E-state index contributed by atoms with van der Waals surface area (Å²) in [5.41, 5.74) is 1.98. The third kappa shape index (κ3) is 7.27. The maximum atomic E-state index is 13.0. The summed E-state index contributed by atoms with van der Waals surface area (Å²) in [6.07, 6.45) is 0. The first-order valence-corrected chi connectivity index (χ1v) is 15.4. The highest BCUT2D eigenvalue weighted by Crippen LogP contribution is 2.30. The van der Waals surface area contributed by atoms with Crippen LogP contribution in [0.1, 0.15) is 48.6 Å². The van der Waals surface area contributed by atoms with Crippen molar-refractivity contribution in [1.29, 1.82) is 0 Å². The van der Waals surface area contributed by atoms with Crippen molar-refractivity contribution < 1.29 is 14.5 Å². The number of rotatable bonds is 11. The molecule has 4 rings (SSSR count). The van der Waals surface area contributed by atoms with Gasteiger partial charge in [-0.15, -0.1) is 21.5 Å². The van der Waals surface area contributed by atoms with E-state index in [0.29, 0.717) is 50.1 Å². The Balaban J connectivity index is 1.42. The molecule has 0 saturated heterocycles. The van der Waals surface area contributed by atoms with Gasteiger partial charge in [0.25, 0.3) is 11.6 Å². The SMILES string of the molecule is CCn1c(SCC(=O)Nc2nc(-c3ccc(C)c([N+](=O)[O-])c3)cs2)nnc1C(NC(=O)c1ccc(Cl)cc1Cl)C(C)C. The molecule has 15 heteroatoms. The Morgan fingerprint density at radius 2 is 1.93 bits per heavy atom. The van der Waals surface area contributed by atoms with Gasteiger partial charge < -0.3 is 15.2 Å². The first kappa shape index (κ1) is 31.4. The van der Waals surface area contributed by atoms with Crippen molar-refractivity contribution >= 4 is 68.9 Å². The summed E-state index contributed by atoms with van der Waals surface area (Å²) in [7, 11) is 0. The number of nitro groups is 1. The number of nitro benzene ring substituents is 1. The average molecular weight is 649 g/mol. The number of hydrogen-bond acceptors (Lipinski definition) is 9. The highest BCUT2D eigenvalue weighted by atomic mass is 35.5. The van der Waals surface area contributed by atoms with Crippen molar-refractivity contribution in [3.63, 3.8) is 0 Å². The number of carbonyl (C=O) groups excluding carboxylic acids is 2. The molecular formula is C27H27Cl2N7O4S2. The van der Waals surface area contributed by atoms with Crippen LogP contribution in [0.4, 0.5) is 10.8 Å². The molecule has 4 aromatic rings. The number of benzene rings is 2. The number of aryl methyl sites for hydroxylation is 1. The number of hydrogen-bond donors (Lipinski definition) is 2. The fourth-order valence-electron chi connectivity index (χ4n) is 4.07. The van der Waals surface area contributed by atoms with Gasteiger partial charge in [-0.2, -0.15) is 0 Å². The molecule has 0 aliphatic rings. The average Bonchev–Trinajstić information content (AvgIpc) is 3.57. The van der Waals surface area contributed by atoms with Crippen LogP contribution < -0.4 is 10.6 Å². The van der Waals surface area contributed by atoms with Gasteiger partial charge in [-0.3, -0.25) is 19.7 Å². The molecule has 0 aliphatic carbocycles. The fraction of sp³-hybridized carbons (Fsp3) is 0.296. The molecule has 0 saturated carbocycles. The highest BCUT2D eigenvalue weighted by molar-refractivity contribution is 7.99. The maximum absolute atomic E-state index is 13.0. The minimum absolute atomic E-state index is 0.00920. The van der Waals surface area contributed by atoms with Crippen LogP contribution in [0.5, 0.6) is 0 Å². The minimum atomic E-state index is -0.466. The zero-order valence-corrected chi connectivity index (χ0v) is 26.2. The van der Waals surface area contributed by atoms with Crippen molar-refractivity contribution in [2.75, 3.05) is 11.1 Å². The fourth-order valence-corrected chi connectivity index (χ4v) is 6.11. The van der Waals surface area contributed by atoms with Gasteiger partial charge in [0.15, 0.2) is 16.1 Å². The number of thiazole rings is 1. The van der Waals surface area contributed by atoms with Crippen LogP contribution >= 0.6 is 46.3 Å². The smallest absolute Gasteiger partial charge is 0.272 e. The maximum Gasteiger partial charge on any atom is 0.272 e. The molecule has 0 radical (unpaired) electrons. The summed E-state index contributed by atoms with van der Waals surface area (Å²) >= 11 is 14.6. The van der Waals surface area contributed by atoms with Gasteiger partial charge in [-0.25, -0.2) is 4.98 Å². The van der Waals surface area contributed by atoms with E-state index in [2.05, 4.69) is 25.8 Å². The van der Waals surface area contributed by atoms with Crippen LogP contribution in [0, 0.1) is 23.0 Å². The number of amides is 2. The highest BCUT2D eigenvalue weighted by Gasteiger charge is 2.27. The molecule has 42 heavy (non-hydrogen) atoms. The van der Waals surface area contributed by atoms with Gasteiger partial charge in [-0.1, -0.05) is 60.9 Å². The predicted octanol–water partition coefficient (Wildman–Crippen LogP) is 6.80. The Morgan fingerprint density at radius 3 is 2.60 bits per heavy atom. The first-order valence-electron chi connectivity index (χ1n) is 12.8. The van der Waals surface area contributed by atoms with Crippen molar-refractivity contribution in [3.8, 4) is 11.3 Å². The second-order valence-corrected chi connectivity index (χ2v) is 12.2. The van der Waals surface area contributed by atoms with Gasteiger partial charge in [0.1, 0.15) is 0 Å². The second kappa shape index (κ2) is 13.6. The molecule has 11 nitrogen and oxygen atoms in total. The Bertz CT molecular complexity index is 1640. The topological polar surface area (TPSA) is 145 Å². The van der Waals surface area contributed by atoms with E-state index in [1.165, 1.54) is 35.2 Å². The monoisotopic (exact) mass is 647 g/mol. The van der Waals surface area contributed by atoms with E-state index >= 15 is 0 Å². The zero-order chi connectivity index (χ0) is 30.6. The summed E-state index contributed by atoms with van der Waals surface area (Å²) < 4.78 is 1.86. The molecule has 2 amide bonds. The predicted molar refractivity (Wildman–Crippen MR) is 165 cm³/mol. The van der Waals surface area contributed by atoms with E-state index in [0.717, 1.165) is 0 Å². The molecule has 0 fully saturated rings. The Labute approximate surface area is 260 Å². The molecule has 2 heterocycles. The third-order valence-electron chi connectivity index (χ3n) is 6.25. The molecule has 0 aliphatic heterocycles. The molecule has 0 bridgehead atoms. The first-order chi connectivity index (χ1) is 20.0. The van der Waals surface area contributed by atoms with Crippen molar-refractivity contribution in [2.45, 2.75) is 45.4 Å². The Kier molecular flexibility index (Phi) is 10.2. The van der Waals surface area contributed by atoms with Crippen LogP contribution in [-0.2, 0) is 11.3 Å². The van der Waals surface area contributed by atoms with E-state index in [-0.39, 0.29) is 34.2 Å². The lowest BCUT2D eigenvalue weighted by atomic mass is 10.0. The van der Waals surface area contributed by atoms with Crippen LogP contribution in [0.2, 0.25) is 10.0 Å². The van der Waals surface area contributed by atoms with Crippen molar-refractivity contribution in [1.82, 2.24) is 25.1 Å². The largest absolute Gasteiger partial charge is 0.342 e.